The minimum atomic E-state index is 0. The quantitative estimate of drug-likeness (QED) is 0.195. The molecule has 0 aliphatic carbocycles. The molecule has 0 spiro atoms. The molecular formula is C26H55ClN2O. The number of quaternary nitrogens is 1. The Balaban J connectivity index is 0. The minimum Gasteiger partial charge on any atom is -1.00 e. The van der Waals surface area contributed by atoms with E-state index in [1.165, 1.54) is 89.9 Å². The molecule has 0 bridgehead atoms. The standard InChI is InChI=1S/C26H54N2O.ClH/c1-5-9-10-11-12-13-14-15-16-17-18-19-20-21-22-23-26(29)27-24-25-28(6-2,7-3)8-4;/h5-25H2,1-4H3;1H. The van der Waals surface area contributed by atoms with Gasteiger partial charge in [-0.1, -0.05) is 96.8 Å². The Morgan fingerprint density at radius 3 is 1.33 bits per heavy atom. The van der Waals surface area contributed by atoms with E-state index in [-0.39, 0.29) is 18.3 Å². The summed E-state index contributed by atoms with van der Waals surface area (Å²) in [5.74, 6) is 0.251. The van der Waals surface area contributed by atoms with Crippen molar-refractivity contribution in [1.29, 1.82) is 0 Å². The predicted molar refractivity (Wildman–Crippen MR) is 129 cm³/mol. The molecule has 0 heterocycles. The lowest BCUT2D eigenvalue weighted by Gasteiger charge is -2.35. The number of rotatable bonds is 22. The summed E-state index contributed by atoms with van der Waals surface area (Å²) >= 11 is 0. The molecule has 0 fully saturated rings. The van der Waals surface area contributed by atoms with Gasteiger partial charge in [0.05, 0.1) is 32.7 Å². The van der Waals surface area contributed by atoms with Gasteiger partial charge in [0.15, 0.2) is 0 Å². The fourth-order valence-corrected chi connectivity index (χ4v) is 4.32. The van der Waals surface area contributed by atoms with Crippen LogP contribution in [0, 0.1) is 0 Å². The van der Waals surface area contributed by atoms with Crippen LogP contribution in [-0.4, -0.2) is 43.1 Å². The molecular weight excluding hydrogens is 392 g/mol. The van der Waals surface area contributed by atoms with Gasteiger partial charge in [0, 0.05) is 6.42 Å². The second kappa shape index (κ2) is 23.4. The normalized spacial score (nSPS) is 11.3. The summed E-state index contributed by atoms with van der Waals surface area (Å²) in [6.07, 6.45) is 21.3. The molecule has 0 saturated carbocycles. The van der Waals surface area contributed by atoms with E-state index >= 15 is 0 Å². The first kappa shape index (κ1) is 31.9. The second-order valence-corrected chi connectivity index (χ2v) is 9.06. The average Bonchev–Trinajstić information content (AvgIpc) is 2.74. The van der Waals surface area contributed by atoms with Crippen molar-refractivity contribution in [2.45, 2.75) is 130 Å². The molecule has 0 unspecified atom stereocenters. The number of amides is 1. The largest absolute Gasteiger partial charge is 1.00 e. The number of nitrogens with one attached hydrogen (secondary N) is 1. The summed E-state index contributed by atoms with van der Waals surface area (Å²) < 4.78 is 1.11. The SMILES string of the molecule is CCCCCCCCCCCCCCCCCC(=O)NCC[N+](CC)(CC)CC.[Cl-]. The summed E-state index contributed by atoms with van der Waals surface area (Å²) in [6, 6.07) is 0. The van der Waals surface area contributed by atoms with Gasteiger partial charge < -0.3 is 22.2 Å². The molecule has 0 atom stereocenters. The lowest BCUT2D eigenvalue weighted by Crippen LogP contribution is -3.00. The number of unbranched alkanes of at least 4 members (excludes halogenated alkanes) is 14. The highest BCUT2D eigenvalue weighted by atomic mass is 35.5. The number of hydrogen-bond acceptors (Lipinski definition) is 1. The van der Waals surface area contributed by atoms with E-state index in [4.69, 9.17) is 0 Å². The van der Waals surface area contributed by atoms with Crippen molar-refractivity contribution in [3.8, 4) is 0 Å². The Morgan fingerprint density at radius 2 is 0.967 bits per heavy atom. The summed E-state index contributed by atoms with van der Waals surface area (Å²) in [5.41, 5.74) is 0. The van der Waals surface area contributed by atoms with E-state index in [0.29, 0.717) is 6.42 Å². The van der Waals surface area contributed by atoms with Gasteiger partial charge in [0.1, 0.15) is 0 Å². The van der Waals surface area contributed by atoms with E-state index in [1.54, 1.807) is 0 Å². The molecule has 0 saturated heterocycles. The first-order valence-electron chi connectivity index (χ1n) is 13.3. The Morgan fingerprint density at radius 1 is 0.600 bits per heavy atom. The summed E-state index contributed by atoms with van der Waals surface area (Å²) in [5, 5.41) is 3.14. The lowest BCUT2D eigenvalue weighted by atomic mass is 10.0. The van der Waals surface area contributed by atoms with Crippen molar-refractivity contribution in [2.75, 3.05) is 32.7 Å². The molecule has 0 aliphatic rings. The number of nitrogens with zero attached hydrogens (tertiary/aromatic N) is 1. The van der Waals surface area contributed by atoms with Crippen molar-refractivity contribution >= 4 is 5.91 Å². The van der Waals surface area contributed by atoms with Gasteiger partial charge in [-0.05, 0) is 27.2 Å². The summed E-state index contributed by atoms with van der Waals surface area (Å²) in [6.45, 7) is 14.4. The molecule has 0 rings (SSSR count). The van der Waals surface area contributed by atoms with Gasteiger partial charge >= 0.3 is 0 Å². The zero-order valence-electron chi connectivity index (χ0n) is 21.1. The zero-order chi connectivity index (χ0) is 21.6. The monoisotopic (exact) mass is 446 g/mol. The van der Waals surface area contributed by atoms with Crippen molar-refractivity contribution < 1.29 is 21.7 Å². The maximum atomic E-state index is 12.0. The molecule has 182 valence electrons. The highest BCUT2D eigenvalue weighted by Gasteiger charge is 2.20. The highest BCUT2D eigenvalue weighted by Crippen LogP contribution is 2.13. The van der Waals surface area contributed by atoms with Gasteiger partial charge in [-0.3, -0.25) is 4.79 Å². The number of likely N-dealkylation sites (N-methyl/N-ethyl adjacent to an activating group) is 1. The van der Waals surface area contributed by atoms with Crippen LogP contribution < -0.4 is 17.7 Å². The maximum Gasteiger partial charge on any atom is 0.220 e. The van der Waals surface area contributed by atoms with Crippen LogP contribution in [0.15, 0.2) is 0 Å². The molecule has 0 aliphatic heterocycles. The van der Waals surface area contributed by atoms with E-state index in [0.717, 1.165) is 43.6 Å². The van der Waals surface area contributed by atoms with Crippen molar-refractivity contribution in [1.82, 2.24) is 5.32 Å². The van der Waals surface area contributed by atoms with Gasteiger partial charge in [0.25, 0.3) is 0 Å². The third kappa shape index (κ3) is 18.5. The van der Waals surface area contributed by atoms with Gasteiger partial charge in [-0.2, -0.15) is 0 Å². The van der Waals surface area contributed by atoms with E-state index in [1.807, 2.05) is 0 Å². The first-order chi connectivity index (χ1) is 14.1. The van der Waals surface area contributed by atoms with Gasteiger partial charge in [-0.25, -0.2) is 0 Å². The van der Waals surface area contributed by atoms with E-state index < -0.39 is 0 Å². The van der Waals surface area contributed by atoms with E-state index in [9.17, 15) is 4.79 Å². The van der Waals surface area contributed by atoms with Crippen LogP contribution in [0.2, 0.25) is 0 Å². The number of halogens is 1. The number of carbonyl (C=O) groups excluding carboxylic acids is 1. The second-order valence-electron chi connectivity index (χ2n) is 9.06. The van der Waals surface area contributed by atoms with Crippen molar-refractivity contribution in [3.05, 3.63) is 0 Å². The zero-order valence-corrected chi connectivity index (χ0v) is 21.8. The fourth-order valence-electron chi connectivity index (χ4n) is 4.32. The van der Waals surface area contributed by atoms with Gasteiger partial charge in [0.2, 0.25) is 5.91 Å². The fraction of sp³-hybridized carbons (Fsp3) is 0.962. The van der Waals surface area contributed by atoms with Gasteiger partial charge in [-0.15, -0.1) is 0 Å². The predicted octanol–water partition coefficient (Wildman–Crippen LogP) is 4.24. The third-order valence-electron chi connectivity index (χ3n) is 6.93. The summed E-state index contributed by atoms with van der Waals surface area (Å²) in [7, 11) is 0. The van der Waals surface area contributed by atoms with Crippen LogP contribution in [0.1, 0.15) is 130 Å². The maximum absolute atomic E-state index is 12.0. The third-order valence-corrected chi connectivity index (χ3v) is 6.93. The van der Waals surface area contributed by atoms with Crippen LogP contribution >= 0.6 is 0 Å². The topological polar surface area (TPSA) is 29.1 Å². The molecule has 0 radical (unpaired) electrons. The molecule has 0 aromatic carbocycles. The molecule has 3 nitrogen and oxygen atoms in total. The molecule has 1 N–H and O–H groups in total. The summed E-state index contributed by atoms with van der Waals surface area (Å²) in [4.78, 5) is 12.0. The Bertz CT molecular complexity index is 351. The first-order valence-corrected chi connectivity index (χ1v) is 13.3. The molecule has 0 aromatic heterocycles. The smallest absolute Gasteiger partial charge is 0.220 e. The van der Waals surface area contributed by atoms with Crippen LogP contribution in [-0.2, 0) is 4.79 Å². The molecule has 30 heavy (non-hydrogen) atoms. The van der Waals surface area contributed by atoms with Crippen LogP contribution in [0.5, 0.6) is 0 Å². The molecule has 4 heteroatoms. The average molecular weight is 447 g/mol. The van der Waals surface area contributed by atoms with Crippen LogP contribution in [0.3, 0.4) is 0 Å². The molecule has 0 aromatic rings. The van der Waals surface area contributed by atoms with Crippen molar-refractivity contribution in [2.24, 2.45) is 0 Å². The van der Waals surface area contributed by atoms with Crippen LogP contribution in [0.25, 0.3) is 0 Å². The minimum absolute atomic E-state index is 0. The number of carbonyl (C=O) groups is 1. The van der Waals surface area contributed by atoms with Crippen LogP contribution in [0.4, 0.5) is 0 Å². The Labute approximate surface area is 196 Å². The highest BCUT2D eigenvalue weighted by molar-refractivity contribution is 5.75. The van der Waals surface area contributed by atoms with E-state index in [2.05, 4.69) is 33.0 Å². The number of hydrogen-bond donors (Lipinski definition) is 1. The lowest BCUT2D eigenvalue weighted by molar-refractivity contribution is -0.922. The molecule has 1 amide bonds. The Kier molecular flexibility index (Phi) is 24.9. The van der Waals surface area contributed by atoms with Crippen molar-refractivity contribution in [3.63, 3.8) is 0 Å². The Hall–Kier alpha value is -0.280.